The Morgan fingerprint density at radius 2 is 1.74 bits per heavy atom. The number of nitrogens with one attached hydrogen (secondary N) is 1. The van der Waals surface area contributed by atoms with E-state index in [4.69, 9.17) is 23.2 Å². The number of hydrogen-bond donors (Lipinski definition) is 1. The molecule has 0 aromatic heterocycles. The Balaban J connectivity index is 2.21. The van der Waals surface area contributed by atoms with Gasteiger partial charge in [-0.1, -0.05) is 37.0 Å². The fraction of sp³-hybridized carbons (Fsp3) is 0.316. The molecule has 1 N–H and O–H groups in total. The Labute approximate surface area is 170 Å². The third-order valence-corrected chi connectivity index (χ3v) is 6.40. The lowest BCUT2D eigenvalue weighted by Crippen LogP contribution is -2.27. The van der Waals surface area contributed by atoms with Crippen molar-refractivity contribution in [3.63, 3.8) is 0 Å². The highest BCUT2D eigenvalue weighted by atomic mass is 35.5. The first kappa shape index (κ1) is 21.5. The van der Waals surface area contributed by atoms with Gasteiger partial charge < -0.3 is 5.32 Å². The van der Waals surface area contributed by atoms with Crippen LogP contribution in [0.15, 0.2) is 47.4 Å². The van der Waals surface area contributed by atoms with Crippen LogP contribution in [0.2, 0.25) is 10.0 Å². The molecule has 0 radical (unpaired) electrons. The highest BCUT2D eigenvalue weighted by Crippen LogP contribution is 2.27. The van der Waals surface area contributed by atoms with E-state index in [2.05, 4.69) is 19.2 Å². The summed E-state index contributed by atoms with van der Waals surface area (Å²) in [6.45, 7) is 4.70. The molecule has 0 fully saturated rings. The summed E-state index contributed by atoms with van der Waals surface area (Å²) in [6, 6.07) is 10.4. The molecule has 0 heterocycles. The van der Waals surface area contributed by atoms with E-state index in [1.165, 1.54) is 43.4 Å². The molecule has 0 aliphatic carbocycles. The molecular weight excluding hydrogens is 407 g/mol. The van der Waals surface area contributed by atoms with Crippen molar-refractivity contribution in [2.45, 2.75) is 25.2 Å². The molecule has 2 aromatic carbocycles. The van der Waals surface area contributed by atoms with Crippen LogP contribution in [0.25, 0.3) is 0 Å². The summed E-state index contributed by atoms with van der Waals surface area (Å²) in [5, 5.41) is 3.45. The molecule has 0 saturated heterocycles. The SMILES string of the molecule is CC(C)CCNC(=O)c1ccc(N(C)S(=O)(=O)c2ccc(Cl)cc2)cc1Cl. The summed E-state index contributed by atoms with van der Waals surface area (Å²) in [4.78, 5) is 12.4. The van der Waals surface area contributed by atoms with Crippen molar-refractivity contribution in [3.05, 3.63) is 58.1 Å². The summed E-state index contributed by atoms with van der Waals surface area (Å²) in [5.74, 6) is 0.199. The number of anilines is 1. The van der Waals surface area contributed by atoms with Gasteiger partial charge in [-0.25, -0.2) is 8.42 Å². The van der Waals surface area contributed by atoms with Crippen LogP contribution in [0.3, 0.4) is 0 Å². The lowest BCUT2D eigenvalue weighted by Gasteiger charge is -2.20. The average Bonchev–Trinajstić information content (AvgIpc) is 2.60. The van der Waals surface area contributed by atoms with Crippen LogP contribution < -0.4 is 9.62 Å². The number of carbonyl (C=O) groups excluding carboxylic acids is 1. The molecule has 146 valence electrons. The minimum atomic E-state index is -3.77. The summed E-state index contributed by atoms with van der Waals surface area (Å²) in [7, 11) is -2.34. The third kappa shape index (κ3) is 5.37. The van der Waals surface area contributed by atoms with Crippen molar-refractivity contribution in [2.24, 2.45) is 5.92 Å². The summed E-state index contributed by atoms with van der Waals surface area (Å²) in [5.41, 5.74) is 0.662. The Bertz CT molecular complexity index is 913. The minimum Gasteiger partial charge on any atom is -0.352 e. The molecule has 2 rings (SSSR count). The summed E-state index contributed by atoms with van der Waals surface area (Å²) in [6.07, 6.45) is 0.865. The van der Waals surface area contributed by atoms with E-state index in [1.54, 1.807) is 6.07 Å². The average molecular weight is 429 g/mol. The fourth-order valence-electron chi connectivity index (χ4n) is 2.36. The number of sulfonamides is 1. The second kappa shape index (κ2) is 8.95. The molecule has 0 unspecified atom stereocenters. The molecule has 0 aliphatic heterocycles. The molecule has 0 spiro atoms. The maximum atomic E-state index is 12.7. The van der Waals surface area contributed by atoms with Crippen molar-refractivity contribution in [1.29, 1.82) is 0 Å². The van der Waals surface area contributed by atoms with Gasteiger partial charge in [-0.15, -0.1) is 0 Å². The Kier molecular flexibility index (Phi) is 7.14. The fourth-order valence-corrected chi connectivity index (χ4v) is 3.93. The van der Waals surface area contributed by atoms with Crippen LogP contribution in [-0.2, 0) is 10.0 Å². The first-order chi connectivity index (χ1) is 12.6. The van der Waals surface area contributed by atoms with Gasteiger partial charge in [0.05, 0.1) is 21.2 Å². The number of benzene rings is 2. The molecule has 8 heteroatoms. The van der Waals surface area contributed by atoms with Crippen LogP contribution in [-0.4, -0.2) is 27.9 Å². The van der Waals surface area contributed by atoms with E-state index in [0.717, 1.165) is 10.7 Å². The Morgan fingerprint density at radius 3 is 2.30 bits per heavy atom. The zero-order valence-corrected chi connectivity index (χ0v) is 17.7. The molecular formula is C19H22Cl2N2O3S. The highest BCUT2D eigenvalue weighted by molar-refractivity contribution is 7.92. The van der Waals surface area contributed by atoms with E-state index in [9.17, 15) is 13.2 Å². The smallest absolute Gasteiger partial charge is 0.264 e. The number of carbonyl (C=O) groups is 1. The second-order valence-corrected chi connectivity index (χ2v) is 9.34. The monoisotopic (exact) mass is 428 g/mol. The number of rotatable bonds is 7. The first-order valence-electron chi connectivity index (χ1n) is 8.45. The van der Waals surface area contributed by atoms with E-state index in [1.807, 2.05) is 0 Å². The van der Waals surface area contributed by atoms with Gasteiger partial charge in [-0.2, -0.15) is 0 Å². The summed E-state index contributed by atoms with van der Waals surface area (Å²) < 4.78 is 26.6. The van der Waals surface area contributed by atoms with E-state index in [0.29, 0.717) is 28.7 Å². The minimum absolute atomic E-state index is 0.112. The van der Waals surface area contributed by atoms with Crippen molar-refractivity contribution in [2.75, 3.05) is 17.9 Å². The van der Waals surface area contributed by atoms with Crippen LogP contribution in [0.1, 0.15) is 30.6 Å². The Morgan fingerprint density at radius 1 is 1.11 bits per heavy atom. The highest BCUT2D eigenvalue weighted by Gasteiger charge is 2.22. The van der Waals surface area contributed by atoms with Gasteiger partial charge in [0.25, 0.3) is 15.9 Å². The van der Waals surface area contributed by atoms with Gasteiger partial charge in [0.2, 0.25) is 0 Å². The zero-order chi connectivity index (χ0) is 20.2. The van der Waals surface area contributed by atoms with Crippen molar-refractivity contribution in [1.82, 2.24) is 5.32 Å². The standard InChI is InChI=1S/C19H22Cl2N2O3S/c1-13(2)10-11-22-19(24)17-9-6-15(12-18(17)21)23(3)27(25,26)16-7-4-14(20)5-8-16/h4-9,12-13H,10-11H2,1-3H3,(H,22,24). The van der Waals surface area contributed by atoms with Crippen LogP contribution in [0, 0.1) is 5.92 Å². The van der Waals surface area contributed by atoms with Gasteiger partial charge in [0.1, 0.15) is 0 Å². The number of nitrogens with zero attached hydrogens (tertiary/aromatic N) is 1. The van der Waals surface area contributed by atoms with Crippen LogP contribution in [0.5, 0.6) is 0 Å². The van der Waals surface area contributed by atoms with Gasteiger partial charge in [-0.05, 0) is 54.8 Å². The van der Waals surface area contributed by atoms with Gasteiger partial charge >= 0.3 is 0 Å². The zero-order valence-electron chi connectivity index (χ0n) is 15.4. The topological polar surface area (TPSA) is 66.5 Å². The van der Waals surface area contributed by atoms with E-state index >= 15 is 0 Å². The van der Waals surface area contributed by atoms with Crippen LogP contribution >= 0.6 is 23.2 Å². The predicted octanol–water partition coefficient (Wildman–Crippen LogP) is 4.59. The number of hydrogen-bond acceptors (Lipinski definition) is 3. The van der Waals surface area contributed by atoms with E-state index in [-0.39, 0.29) is 15.8 Å². The molecule has 0 bridgehead atoms. The van der Waals surface area contributed by atoms with Crippen LogP contribution in [0.4, 0.5) is 5.69 Å². The lowest BCUT2D eigenvalue weighted by molar-refractivity contribution is 0.0952. The molecule has 1 amide bonds. The normalized spacial score (nSPS) is 11.5. The number of amides is 1. The maximum Gasteiger partial charge on any atom is 0.264 e. The molecule has 2 aromatic rings. The van der Waals surface area contributed by atoms with E-state index < -0.39 is 10.0 Å². The lowest BCUT2D eigenvalue weighted by atomic mass is 10.1. The predicted molar refractivity (Wildman–Crippen MR) is 110 cm³/mol. The van der Waals surface area contributed by atoms with Crippen molar-refractivity contribution < 1.29 is 13.2 Å². The van der Waals surface area contributed by atoms with Gasteiger partial charge in [0, 0.05) is 18.6 Å². The first-order valence-corrected chi connectivity index (χ1v) is 10.6. The second-order valence-electron chi connectivity index (χ2n) is 6.53. The van der Waals surface area contributed by atoms with Crippen molar-refractivity contribution in [3.8, 4) is 0 Å². The van der Waals surface area contributed by atoms with Crippen molar-refractivity contribution >= 4 is 44.8 Å². The molecule has 5 nitrogen and oxygen atoms in total. The molecule has 0 saturated carbocycles. The quantitative estimate of drug-likeness (QED) is 0.700. The number of halogens is 2. The Hall–Kier alpha value is -1.76. The molecule has 0 aliphatic rings. The molecule has 27 heavy (non-hydrogen) atoms. The summed E-state index contributed by atoms with van der Waals surface area (Å²) >= 11 is 12.0. The molecule has 0 atom stereocenters. The van der Waals surface area contributed by atoms with Gasteiger partial charge in [-0.3, -0.25) is 9.10 Å². The third-order valence-electron chi connectivity index (χ3n) is 4.04. The van der Waals surface area contributed by atoms with Gasteiger partial charge in [0.15, 0.2) is 0 Å². The maximum absolute atomic E-state index is 12.7. The largest absolute Gasteiger partial charge is 0.352 e.